The number of aliphatic carboxylic acids is 1. The monoisotopic (exact) mass is 401 g/mol. The van der Waals surface area contributed by atoms with Crippen LogP contribution in [0.1, 0.15) is 5.56 Å². The second-order valence-corrected chi connectivity index (χ2v) is 5.58. The lowest BCUT2D eigenvalue weighted by molar-refractivity contribution is -0.192. The molecule has 0 aliphatic rings. The summed E-state index contributed by atoms with van der Waals surface area (Å²) in [5.74, 6) is -2.29. The normalized spacial score (nSPS) is 11.8. The van der Waals surface area contributed by atoms with Crippen molar-refractivity contribution in [2.45, 2.75) is 18.1 Å². The van der Waals surface area contributed by atoms with Gasteiger partial charge in [0.25, 0.3) is 0 Å². The van der Waals surface area contributed by atoms with Gasteiger partial charge >= 0.3 is 17.5 Å². The Morgan fingerprint density at radius 3 is 2.38 bits per heavy atom. The fourth-order valence-electron chi connectivity index (χ4n) is 1.77. The van der Waals surface area contributed by atoms with E-state index in [-0.39, 0.29) is 0 Å². The highest BCUT2D eigenvalue weighted by Gasteiger charge is 2.38. The molecule has 0 unspecified atom stereocenters. The fraction of sp³-hybridized carbons (Fsp3) is 0.385. The van der Waals surface area contributed by atoms with Gasteiger partial charge in [0.2, 0.25) is 5.82 Å². The summed E-state index contributed by atoms with van der Waals surface area (Å²) < 4.78 is 57.1. The Hall–Kier alpha value is -2.34. The van der Waals surface area contributed by atoms with Crippen LogP contribution in [0.15, 0.2) is 24.3 Å². The van der Waals surface area contributed by atoms with Crippen LogP contribution in [0.4, 0.5) is 22.0 Å². The summed E-state index contributed by atoms with van der Waals surface area (Å²) in [5, 5.41) is 17.5. The lowest BCUT2D eigenvalue weighted by atomic mass is 10.1. The largest absolute Gasteiger partial charge is 0.490 e. The molecule has 0 bridgehead atoms. The summed E-state index contributed by atoms with van der Waals surface area (Å²) in [6.07, 6.45) is -5.08. The molecule has 13 heteroatoms. The molecule has 0 spiro atoms. The number of benzene rings is 1. The molecule has 0 fully saturated rings. The zero-order valence-electron chi connectivity index (χ0n) is 13.1. The molecule has 0 saturated heterocycles. The van der Waals surface area contributed by atoms with Crippen LogP contribution in [-0.2, 0) is 11.3 Å². The predicted octanol–water partition coefficient (Wildman–Crippen LogP) is 2.76. The van der Waals surface area contributed by atoms with E-state index in [1.807, 2.05) is 24.3 Å². The molecule has 2 N–H and O–H groups in total. The molecular weight excluding hydrogens is 389 g/mol. The molecule has 144 valence electrons. The first-order chi connectivity index (χ1) is 11.9. The molecule has 1 aromatic carbocycles. The number of nitrogens with one attached hydrogen (secondary N) is 1. The van der Waals surface area contributed by atoms with E-state index in [1.54, 1.807) is 7.05 Å². The molecule has 0 aliphatic carbocycles. The quantitative estimate of drug-likeness (QED) is 0.591. The number of nitrogens with zero attached hydrogens (tertiary/aromatic N) is 4. The molecule has 2 aromatic rings. The highest BCUT2D eigenvalue weighted by atomic mass is 35.5. The van der Waals surface area contributed by atoms with E-state index < -0.39 is 24.1 Å². The summed E-state index contributed by atoms with van der Waals surface area (Å²) in [5.41, 5.74) is 1.64. The Morgan fingerprint density at radius 2 is 1.92 bits per heavy atom. The van der Waals surface area contributed by atoms with Crippen molar-refractivity contribution < 1.29 is 31.9 Å². The summed E-state index contributed by atoms with van der Waals surface area (Å²) in [4.78, 5) is 10.3. The highest BCUT2D eigenvalue weighted by molar-refractivity contribution is 6.21. The van der Waals surface area contributed by atoms with Crippen molar-refractivity contribution in [2.24, 2.45) is 0 Å². The third-order valence-electron chi connectivity index (χ3n) is 2.67. The van der Waals surface area contributed by atoms with E-state index >= 15 is 0 Å². The maximum atomic E-state index is 12.7. The molecule has 0 radical (unpaired) electrons. The van der Waals surface area contributed by atoms with Crippen LogP contribution in [0.3, 0.4) is 0 Å². The number of carbonyl (C=O) groups is 1. The van der Waals surface area contributed by atoms with Crippen LogP contribution < -0.4 is 0 Å². The Kier molecular flexibility index (Phi) is 7.39. The van der Waals surface area contributed by atoms with Gasteiger partial charge in [-0.3, -0.25) is 4.90 Å². The lowest BCUT2D eigenvalue weighted by Crippen LogP contribution is -2.29. The molecule has 0 saturated carbocycles. The Balaban J connectivity index is 0.000000412. The number of alkyl halides is 6. The van der Waals surface area contributed by atoms with Crippen LogP contribution in [0.25, 0.3) is 11.4 Å². The Labute approximate surface area is 148 Å². The molecule has 1 heterocycles. The van der Waals surface area contributed by atoms with Gasteiger partial charge in [-0.1, -0.05) is 18.2 Å². The smallest absolute Gasteiger partial charge is 0.475 e. The van der Waals surface area contributed by atoms with Gasteiger partial charge in [-0.25, -0.2) is 4.79 Å². The van der Waals surface area contributed by atoms with Crippen LogP contribution in [0, 0.1) is 0 Å². The predicted molar refractivity (Wildman–Crippen MR) is 80.4 cm³/mol. The van der Waals surface area contributed by atoms with Crippen molar-refractivity contribution in [2.75, 3.05) is 13.6 Å². The topological polar surface area (TPSA) is 95.0 Å². The number of carboxylic acid groups (broad SMARTS) is 1. The number of tetrazole rings is 1. The van der Waals surface area contributed by atoms with Gasteiger partial charge in [0.15, 0.2) is 0 Å². The van der Waals surface area contributed by atoms with Gasteiger partial charge in [0.1, 0.15) is 0 Å². The van der Waals surface area contributed by atoms with Gasteiger partial charge in [-0.2, -0.15) is 27.2 Å². The standard InChI is InChI=1S/C11H12ClF2N5.C2HF3O2/c1-19(7-11(12,13)14)6-8-3-2-4-9(5-8)10-15-17-18-16-10;3-2(4,5)1(6)7/h2-5H,6-7H2,1H3,(H,15,16,17,18);(H,6,7). The number of aromatic amines is 1. The first-order valence-electron chi connectivity index (χ1n) is 6.76. The van der Waals surface area contributed by atoms with Gasteiger partial charge < -0.3 is 5.11 Å². The van der Waals surface area contributed by atoms with Crippen LogP contribution >= 0.6 is 11.6 Å². The molecule has 0 atom stereocenters. The second kappa shape index (κ2) is 8.85. The summed E-state index contributed by atoms with van der Waals surface area (Å²) >= 11 is 4.90. The highest BCUT2D eigenvalue weighted by Crippen LogP contribution is 2.21. The molecular formula is C13H13ClF5N5O2. The number of carboxylic acids is 1. The number of hydrogen-bond acceptors (Lipinski definition) is 5. The number of rotatable bonds is 5. The molecule has 1 aromatic heterocycles. The van der Waals surface area contributed by atoms with Gasteiger partial charge in [0.05, 0.1) is 6.54 Å². The van der Waals surface area contributed by atoms with Gasteiger partial charge in [-0.05, 0) is 35.5 Å². The van der Waals surface area contributed by atoms with E-state index in [2.05, 4.69) is 20.6 Å². The Morgan fingerprint density at radius 1 is 1.31 bits per heavy atom. The van der Waals surface area contributed by atoms with Crippen LogP contribution in [-0.4, -0.2) is 61.8 Å². The number of hydrogen-bond donors (Lipinski definition) is 2. The van der Waals surface area contributed by atoms with Crippen molar-refractivity contribution in [3.8, 4) is 11.4 Å². The number of aromatic nitrogens is 4. The summed E-state index contributed by atoms with van der Waals surface area (Å²) in [7, 11) is 1.58. The minimum Gasteiger partial charge on any atom is -0.475 e. The van der Waals surface area contributed by atoms with Crippen LogP contribution in [0.2, 0.25) is 0 Å². The minimum atomic E-state index is -5.08. The third-order valence-corrected chi connectivity index (χ3v) is 2.79. The van der Waals surface area contributed by atoms with Crippen molar-refractivity contribution in [1.82, 2.24) is 25.5 Å². The molecule has 0 aliphatic heterocycles. The lowest BCUT2D eigenvalue weighted by Gasteiger charge is -2.19. The first-order valence-corrected chi connectivity index (χ1v) is 7.14. The SMILES string of the molecule is CN(Cc1cccc(-c2nn[nH]n2)c1)CC(F)(F)Cl.O=C(O)C(F)(F)F. The zero-order chi connectivity index (χ0) is 20.0. The summed E-state index contributed by atoms with van der Waals surface area (Å²) in [6, 6.07) is 7.30. The molecule has 26 heavy (non-hydrogen) atoms. The summed E-state index contributed by atoms with van der Waals surface area (Å²) in [6.45, 7) is -0.158. The average molecular weight is 402 g/mol. The molecule has 0 amide bonds. The zero-order valence-corrected chi connectivity index (χ0v) is 13.9. The average Bonchev–Trinajstić information content (AvgIpc) is 2.99. The van der Waals surface area contributed by atoms with E-state index in [0.717, 1.165) is 11.1 Å². The number of H-pyrrole nitrogens is 1. The van der Waals surface area contributed by atoms with E-state index in [9.17, 15) is 22.0 Å². The first kappa shape index (κ1) is 21.7. The van der Waals surface area contributed by atoms with Crippen LogP contribution in [0.5, 0.6) is 0 Å². The van der Waals surface area contributed by atoms with E-state index in [4.69, 9.17) is 21.5 Å². The van der Waals surface area contributed by atoms with Gasteiger partial charge in [-0.15, -0.1) is 10.2 Å². The van der Waals surface area contributed by atoms with Crippen molar-refractivity contribution >= 4 is 17.6 Å². The minimum absolute atomic E-state index is 0.355. The molecule has 7 nitrogen and oxygen atoms in total. The third kappa shape index (κ3) is 8.16. The maximum Gasteiger partial charge on any atom is 0.490 e. The van der Waals surface area contributed by atoms with Gasteiger partial charge in [0, 0.05) is 12.1 Å². The van der Waals surface area contributed by atoms with Crippen molar-refractivity contribution in [3.05, 3.63) is 29.8 Å². The Bertz CT molecular complexity index is 706. The van der Waals surface area contributed by atoms with Crippen molar-refractivity contribution in [3.63, 3.8) is 0 Å². The number of halogens is 6. The molecule has 2 rings (SSSR count). The maximum absolute atomic E-state index is 12.7. The van der Waals surface area contributed by atoms with Crippen molar-refractivity contribution in [1.29, 1.82) is 0 Å². The van der Waals surface area contributed by atoms with E-state index in [1.165, 1.54) is 4.90 Å². The van der Waals surface area contributed by atoms with E-state index in [0.29, 0.717) is 12.4 Å². The fourth-order valence-corrected chi connectivity index (χ4v) is 1.97. The second-order valence-electron chi connectivity index (χ2n) is 5.03.